The summed E-state index contributed by atoms with van der Waals surface area (Å²) < 4.78 is 24.1. The molecule has 0 bridgehead atoms. The first kappa shape index (κ1) is 16.5. The molecule has 0 radical (unpaired) electrons. The Morgan fingerprint density at radius 1 is 1.52 bits per heavy atom. The number of benzene rings is 1. The Morgan fingerprint density at radius 3 is 2.71 bits per heavy atom. The van der Waals surface area contributed by atoms with Gasteiger partial charge in [-0.15, -0.1) is 0 Å². The summed E-state index contributed by atoms with van der Waals surface area (Å²) in [6.07, 6.45) is -0.312. The lowest BCUT2D eigenvalue weighted by molar-refractivity contribution is -0.136. The van der Waals surface area contributed by atoms with Crippen molar-refractivity contribution in [3.8, 4) is 5.75 Å². The maximum atomic E-state index is 13.8. The van der Waals surface area contributed by atoms with Gasteiger partial charge in [-0.05, 0) is 38.4 Å². The molecule has 112 valence electrons. The van der Waals surface area contributed by atoms with Crippen LogP contribution in [-0.4, -0.2) is 18.7 Å². The lowest BCUT2D eigenvalue weighted by Crippen LogP contribution is -2.11. The Kier molecular flexibility index (Phi) is 5.75. The SMILES string of the molecule is C=C(C(=O)OCC)c1ccc(F)c(N=[N+]=[N-])c1OC(C)C. The van der Waals surface area contributed by atoms with E-state index in [2.05, 4.69) is 16.6 Å². The second-order valence-corrected chi connectivity index (χ2v) is 4.33. The van der Waals surface area contributed by atoms with Crippen molar-refractivity contribution in [1.82, 2.24) is 0 Å². The summed E-state index contributed by atoms with van der Waals surface area (Å²) >= 11 is 0. The van der Waals surface area contributed by atoms with E-state index in [0.29, 0.717) is 0 Å². The van der Waals surface area contributed by atoms with Gasteiger partial charge in [-0.25, -0.2) is 9.18 Å². The van der Waals surface area contributed by atoms with Crippen LogP contribution in [0.4, 0.5) is 10.1 Å². The first-order valence-corrected chi connectivity index (χ1v) is 6.33. The molecule has 0 amide bonds. The Bertz CT molecular complexity index is 608. The molecule has 0 spiro atoms. The zero-order valence-corrected chi connectivity index (χ0v) is 12.1. The molecule has 0 aliphatic heterocycles. The molecule has 0 fully saturated rings. The molecule has 0 atom stereocenters. The number of esters is 1. The highest BCUT2D eigenvalue weighted by Gasteiger charge is 2.21. The first-order valence-electron chi connectivity index (χ1n) is 6.33. The molecule has 1 aromatic carbocycles. The van der Waals surface area contributed by atoms with Gasteiger partial charge in [0, 0.05) is 10.5 Å². The molecule has 0 heterocycles. The van der Waals surface area contributed by atoms with Gasteiger partial charge in [0.05, 0.1) is 18.3 Å². The molecule has 0 saturated heterocycles. The van der Waals surface area contributed by atoms with Crippen LogP contribution >= 0.6 is 0 Å². The largest absolute Gasteiger partial charge is 0.490 e. The molecule has 6 nitrogen and oxygen atoms in total. The molecule has 0 aliphatic carbocycles. The lowest BCUT2D eigenvalue weighted by atomic mass is 10.0. The first-order chi connectivity index (χ1) is 9.92. The number of carbonyl (C=O) groups excluding carboxylic acids is 1. The van der Waals surface area contributed by atoms with Gasteiger partial charge < -0.3 is 9.47 Å². The van der Waals surface area contributed by atoms with Crippen molar-refractivity contribution in [2.45, 2.75) is 26.9 Å². The summed E-state index contributed by atoms with van der Waals surface area (Å²) in [5, 5.41) is 3.29. The van der Waals surface area contributed by atoms with Crippen molar-refractivity contribution in [3.63, 3.8) is 0 Å². The van der Waals surface area contributed by atoms with Crippen LogP contribution in [0.3, 0.4) is 0 Å². The quantitative estimate of drug-likeness (QED) is 0.260. The van der Waals surface area contributed by atoms with Crippen LogP contribution in [0.5, 0.6) is 5.75 Å². The third-order valence-corrected chi connectivity index (χ3v) is 2.43. The fraction of sp³-hybridized carbons (Fsp3) is 0.357. The van der Waals surface area contributed by atoms with Crippen molar-refractivity contribution < 1.29 is 18.7 Å². The normalized spacial score (nSPS) is 9.95. The minimum absolute atomic E-state index is 0.00175. The van der Waals surface area contributed by atoms with E-state index in [9.17, 15) is 9.18 Å². The number of hydrogen-bond donors (Lipinski definition) is 0. The van der Waals surface area contributed by atoms with Gasteiger partial charge in [-0.3, -0.25) is 0 Å². The van der Waals surface area contributed by atoms with Crippen LogP contribution < -0.4 is 4.74 Å². The molecule has 21 heavy (non-hydrogen) atoms. The minimum atomic E-state index is -0.746. The molecule has 0 N–H and O–H groups in total. The maximum Gasteiger partial charge on any atom is 0.338 e. The number of halogens is 1. The minimum Gasteiger partial charge on any atom is -0.490 e. The van der Waals surface area contributed by atoms with Gasteiger partial charge in [-0.2, -0.15) is 0 Å². The Morgan fingerprint density at radius 2 is 2.19 bits per heavy atom. The van der Waals surface area contributed by atoms with E-state index in [1.165, 1.54) is 6.07 Å². The van der Waals surface area contributed by atoms with E-state index in [1.807, 2.05) is 0 Å². The van der Waals surface area contributed by atoms with Crippen LogP contribution in [0.25, 0.3) is 16.0 Å². The summed E-state index contributed by atoms with van der Waals surface area (Å²) in [5.41, 5.74) is 8.47. The highest BCUT2D eigenvalue weighted by atomic mass is 19.1. The van der Waals surface area contributed by atoms with Gasteiger partial charge >= 0.3 is 5.97 Å². The number of hydrogen-bond acceptors (Lipinski definition) is 4. The maximum absolute atomic E-state index is 13.8. The summed E-state index contributed by atoms with van der Waals surface area (Å²) in [4.78, 5) is 14.3. The van der Waals surface area contributed by atoms with Gasteiger partial charge in [-0.1, -0.05) is 11.7 Å². The number of azide groups is 1. The smallest absolute Gasteiger partial charge is 0.338 e. The van der Waals surface area contributed by atoms with Crippen LogP contribution in [0.15, 0.2) is 23.8 Å². The van der Waals surface area contributed by atoms with Gasteiger partial charge in [0.1, 0.15) is 17.3 Å². The molecular formula is C14H16FN3O3. The predicted molar refractivity (Wildman–Crippen MR) is 76.6 cm³/mol. The standard InChI is InChI=1S/C14H16FN3O3/c1-5-20-14(19)9(4)10-6-7-11(15)12(17-18-16)13(10)21-8(2)3/h6-8H,4-5H2,1-3H3. The highest BCUT2D eigenvalue weighted by Crippen LogP contribution is 2.38. The number of rotatable bonds is 6. The topological polar surface area (TPSA) is 84.3 Å². The third kappa shape index (κ3) is 3.97. The third-order valence-electron chi connectivity index (χ3n) is 2.43. The summed E-state index contributed by atoms with van der Waals surface area (Å²) in [5.74, 6) is -1.42. The van der Waals surface area contributed by atoms with E-state index in [1.54, 1.807) is 20.8 Å². The molecule has 7 heteroatoms. The number of nitrogens with zero attached hydrogens (tertiary/aromatic N) is 3. The van der Waals surface area contributed by atoms with Crippen molar-refractivity contribution in [2.75, 3.05) is 6.61 Å². The second-order valence-electron chi connectivity index (χ2n) is 4.33. The fourth-order valence-corrected chi connectivity index (χ4v) is 1.61. The Balaban J connectivity index is 3.43. The molecule has 0 aliphatic rings. The molecular weight excluding hydrogens is 277 g/mol. The molecule has 1 aromatic rings. The predicted octanol–water partition coefficient (Wildman–Crippen LogP) is 4.13. The van der Waals surface area contributed by atoms with Crippen LogP contribution in [0.1, 0.15) is 26.3 Å². The average molecular weight is 293 g/mol. The van der Waals surface area contributed by atoms with E-state index >= 15 is 0 Å². The van der Waals surface area contributed by atoms with Gasteiger partial charge in [0.15, 0.2) is 0 Å². The summed E-state index contributed by atoms with van der Waals surface area (Å²) in [6.45, 7) is 8.92. The van der Waals surface area contributed by atoms with Crippen LogP contribution in [0.2, 0.25) is 0 Å². The number of carbonyl (C=O) groups is 1. The zero-order valence-electron chi connectivity index (χ0n) is 12.1. The fourth-order valence-electron chi connectivity index (χ4n) is 1.61. The lowest BCUT2D eigenvalue weighted by Gasteiger charge is -2.17. The highest BCUT2D eigenvalue weighted by molar-refractivity contribution is 6.16. The van der Waals surface area contributed by atoms with E-state index in [0.717, 1.165) is 6.07 Å². The van der Waals surface area contributed by atoms with Crippen molar-refractivity contribution in [3.05, 3.63) is 40.5 Å². The van der Waals surface area contributed by atoms with Crippen molar-refractivity contribution >= 4 is 17.2 Å². The van der Waals surface area contributed by atoms with Crippen molar-refractivity contribution in [1.29, 1.82) is 0 Å². The summed E-state index contributed by atoms with van der Waals surface area (Å²) in [6, 6.07) is 2.42. The van der Waals surface area contributed by atoms with E-state index < -0.39 is 11.8 Å². The Hall–Kier alpha value is -2.53. The second kappa shape index (κ2) is 7.31. The molecule has 0 unspecified atom stereocenters. The Labute approximate surface area is 121 Å². The van der Waals surface area contributed by atoms with Gasteiger partial charge in [0.2, 0.25) is 0 Å². The van der Waals surface area contributed by atoms with Gasteiger partial charge in [0.25, 0.3) is 0 Å². The van der Waals surface area contributed by atoms with E-state index in [4.69, 9.17) is 15.0 Å². The van der Waals surface area contributed by atoms with E-state index in [-0.39, 0.29) is 35.3 Å². The average Bonchev–Trinajstić information content (AvgIpc) is 2.42. The van der Waals surface area contributed by atoms with Crippen LogP contribution in [-0.2, 0) is 9.53 Å². The molecule has 1 rings (SSSR count). The molecule has 0 aromatic heterocycles. The number of ether oxygens (including phenoxy) is 2. The van der Waals surface area contributed by atoms with Crippen molar-refractivity contribution in [2.24, 2.45) is 5.11 Å². The molecule has 0 saturated carbocycles. The summed E-state index contributed by atoms with van der Waals surface area (Å²) in [7, 11) is 0. The van der Waals surface area contributed by atoms with Crippen LogP contribution in [0, 0.1) is 5.82 Å². The zero-order chi connectivity index (χ0) is 16.0. The monoisotopic (exact) mass is 293 g/mol.